The first-order valence-corrected chi connectivity index (χ1v) is 37.7. The molecule has 3 aromatic rings. The smallest absolute Gasteiger partial charge is 0.303 e. The summed E-state index contributed by atoms with van der Waals surface area (Å²) in [6.45, 7) is 11.9. The van der Waals surface area contributed by atoms with E-state index in [0.717, 1.165) is 0 Å². The number of fused-ring (bicyclic) bond motifs is 3. The van der Waals surface area contributed by atoms with Crippen molar-refractivity contribution in [3.05, 3.63) is 34.9 Å². The number of carbonyl (C=O) groups excluding carboxylic acids is 6. The molecule has 0 radical (unpaired) electrons. The molecule has 3 aromatic heterocycles. The van der Waals surface area contributed by atoms with Crippen LogP contribution in [0.2, 0.25) is 0 Å². The number of nitrogens with two attached hydrogens (primary N) is 3. The zero-order chi connectivity index (χ0) is 66.1. The molecular weight excluding hydrogens is 1330 g/mol. The third-order valence-corrected chi connectivity index (χ3v) is 28.6. The number of primary sulfonamides is 3. The standard InChI is InChI=1S/C17H27N3O8S3.C16H25N3O8S3.C14H20N2O7S3/c1-5-20(16(22)11(2)28-12(3)21)14-10-19(7-6-8-27-4)31(25,26)17-13(14)9-15(29-17)30(18,23)24;1-4-19(14(21)10-27-11(2)20)13-9-18(6-5-7-26-3)30(24,25)16-12(13)8-15(28-16)29(17,22)23;1-4-16(12(18)7-23-9(3)17)11-5-8(2)25(19,20)14-10(11)6-13(24-14)26(15,21)22/h9,11,14H,5-8,10H2,1-4H3,(H2,18,23,24);8,13H,4-7,9-10H2,1-3H3,(H2,17,22,23);6,8,11H,4-5,7H2,1-3H3,(H2,15,21,22)/t11?,14-;13-;8-,11-/m000/s1. The van der Waals surface area contributed by atoms with Crippen molar-refractivity contribution in [3.63, 3.8) is 0 Å². The molecule has 3 aliphatic heterocycles. The monoisotopic (exact) mass is 1400 g/mol. The van der Waals surface area contributed by atoms with Gasteiger partial charge >= 0.3 is 17.9 Å². The molecule has 492 valence electrons. The van der Waals surface area contributed by atoms with Gasteiger partial charge < -0.3 is 38.4 Å². The van der Waals surface area contributed by atoms with E-state index in [-0.39, 0.29) is 94.2 Å². The molecule has 0 fully saturated rings. The molecule has 6 heterocycles. The predicted octanol–water partition coefficient (Wildman–Crippen LogP) is 0.581. The summed E-state index contributed by atoms with van der Waals surface area (Å²) in [5.74, 6) is -3.40. The lowest BCUT2D eigenvalue weighted by Crippen LogP contribution is -2.49. The quantitative estimate of drug-likeness (QED) is 0.0664. The Kier molecular flexibility index (Phi) is 26.2. The number of sulfone groups is 1. The molecule has 40 heteroatoms. The minimum Gasteiger partial charge on any atom is -0.456 e. The van der Waals surface area contributed by atoms with Crippen LogP contribution in [0.3, 0.4) is 0 Å². The van der Waals surface area contributed by atoms with Crippen molar-refractivity contribution in [2.45, 2.75) is 129 Å². The number of methoxy groups -OCH3 is 2. The van der Waals surface area contributed by atoms with Gasteiger partial charge in [-0.3, -0.25) is 28.8 Å². The summed E-state index contributed by atoms with van der Waals surface area (Å²) >= 11 is 1.70. The van der Waals surface area contributed by atoms with Gasteiger partial charge in [0.1, 0.15) is 25.3 Å². The minimum absolute atomic E-state index is 0.0699. The van der Waals surface area contributed by atoms with Gasteiger partial charge in [0.25, 0.3) is 37.8 Å². The normalized spacial score (nSPS) is 19.8. The second kappa shape index (κ2) is 30.4. The molecule has 31 nitrogen and oxygen atoms in total. The lowest BCUT2D eigenvalue weighted by Gasteiger charge is -2.39. The van der Waals surface area contributed by atoms with Crippen molar-refractivity contribution in [1.29, 1.82) is 0 Å². The third-order valence-electron chi connectivity index (χ3n) is 13.3. The van der Waals surface area contributed by atoms with Gasteiger partial charge in [-0.2, -0.15) is 8.61 Å². The second-order valence-corrected chi connectivity index (χ2v) is 34.8. The highest BCUT2D eigenvalue weighted by Gasteiger charge is 2.46. The van der Waals surface area contributed by atoms with Crippen molar-refractivity contribution in [1.82, 2.24) is 23.3 Å². The highest BCUT2D eigenvalue weighted by molar-refractivity contribution is 7.96. The van der Waals surface area contributed by atoms with E-state index in [9.17, 15) is 79.3 Å². The van der Waals surface area contributed by atoms with E-state index in [0.29, 0.717) is 60.1 Å². The summed E-state index contributed by atoms with van der Waals surface area (Å²) in [4.78, 5) is 75.4. The molecule has 0 saturated heterocycles. The van der Waals surface area contributed by atoms with Gasteiger partial charge in [-0.05, 0) is 72.1 Å². The molecule has 0 spiro atoms. The number of likely N-dealkylation sites (N-methyl/N-ethyl adjacent to an activating group) is 3. The zero-order valence-corrected chi connectivity index (χ0v) is 56.4. The summed E-state index contributed by atoms with van der Waals surface area (Å²) in [7, 11) is -21.1. The number of thiophene rings is 3. The third kappa shape index (κ3) is 18.3. The maximum absolute atomic E-state index is 13.1. The first kappa shape index (κ1) is 74.8. The summed E-state index contributed by atoms with van der Waals surface area (Å²) in [5.41, 5.74) is 0.599. The maximum atomic E-state index is 13.1. The van der Waals surface area contributed by atoms with E-state index in [2.05, 4.69) is 0 Å². The zero-order valence-electron chi connectivity index (χ0n) is 49.1. The Bertz CT molecular complexity index is 3740. The van der Waals surface area contributed by atoms with E-state index in [4.69, 9.17) is 39.1 Å². The highest BCUT2D eigenvalue weighted by atomic mass is 32.3. The number of rotatable bonds is 23. The van der Waals surface area contributed by atoms with E-state index < -0.39 is 138 Å². The van der Waals surface area contributed by atoms with Crippen LogP contribution in [0.15, 0.2) is 43.5 Å². The number of amides is 3. The fourth-order valence-corrected chi connectivity index (χ4v) is 22.3. The van der Waals surface area contributed by atoms with Crippen molar-refractivity contribution >= 4 is 130 Å². The highest BCUT2D eigenvalue weighted by Crippen LogP contribution is 2.46. The van der Waals surface area contributed by atoms with E-state index in [1.54, 1.807) is 20.8 Å². The average Bonchev–Trinajstić information content (AvgIpc) is 1.92. The van der Waals surface area contributed by atoms with Gasteiger partial charge in [-0.1, -0.05) is 0 Å². The largest absolute Gasteiger partial charge is 0.456 e. The van der Waals surface area contributed by atoms with Crippen LogP contribution in [-0.4, -0.2) is 207 Å². The average molecular weight is 1410 g/mol. The van der Waals surface area contributed by atoms with Crippen molar-refractivity contribution in [2.24, 2.45) is 15.4 Å². The topological polar surface area (TPSA) is 448 Å². The van der Waals surface area contributed by atoms with Crippen LogP contribution in [0.1, 0.15) is 109 Å². The first-order valence-electron chi connectivity index (χ1n) is 26.2. The predicted molar refractivity (Wildman–Crippen MR) is 314 cm³/mol. The fraction of sp³-hybridized carbons (Fsp3) is 0.617. The molecule has 0 saturated carbocycles. The lowest BCUT2D eigenvalue weighted by molar-refractivity contribution is -0.158. The summed E-state index contributed by atoms with van der Waals surface area (Å²) in [6.07, 6.45) is -0.151. The Morgan fingerprint density at radius 1 is 0.586 bits per heavy atom. The number of nitrogens with zero attached hydrogens (tertiary/aromatic N) is 5. The molecule has 87 heavy (non-hydrogen) atoms. The molecule has 0 aliphatic carbocycles. The fourth-order valence-electron chi connectivity index (χ4n) is 9.32. The van der Waals surface area contributed by atoms with E-state index >= 15 is 0 Å². The second-order valence-electron chi connectivity index (χ2n) is 19.4. The van der Waals surface area contributed by atoms with E-state index in [1.807, 2.05) is 0 Å². The Hall–Kier alpha value is -4.66. The molecule has 0 aromatic carbocycles. The number of esters is 3. The van der Waals surface area contributed by atoms with Crippen LogP contribution in [0, 0.1) is 0 Å². The summed E-state index contributed by atoms with van der Waals surface area (Å²) in [5, 5.41) is 14.8. The van der Waals surface area contributed by atoms with Crippen molar-refractivity contribution in [3.8, 4) is 0 Å². The van der Waals surface area contributed by atoms with Gasteiger partial charge in [0, 0.05) is 111 Å². The Morgan fingerprint density at radius 3 is 1.26 bits per heavy atom. The van der Waals surface area contributed by atoms with Crippen LogP contribution in [0.4, 0.5) is 0 Å². The summed E-state index contributed by atoms with van der Waals surface area (Å²) in [6, 6.07) is 1.44. The van der Waals surface area contributed by atoms with Crippen LogP contribution >= 0.6 is 34.0 Å². The molecule has 1 unspecified atom stereocenters. The maximum Gasteiger partial charge on any atom is 0.303 e. The Labute approximate surface area is 518 Å². The number of hydrogen-bond donors (Lipinski definition) is 3. The van der Waals surface area contributed by atoms with Crippen molar-refractivity contribution in [2.75, 3.05) is 86.5 Å². The number of ether oxygens (including phenoxy) is 5. The SMILES string of the molecule is CCN(C(=O)C(C)OC(C)=O)[C@H]1CN(CCCOC)S(=O)(=O)c2sc(S(N)(=O)=O)cc21.CCN(C(=O)COC(C)=O)[C@H]1CN(CCCOC)S(=O)(=O)c2sc(S(N)(=O)=O)cc21.CCN(C(=O)COC(C)=O)[C@H]1C[C@H](C)S(=O)(=O)c2sc(S(N)(=O)=O)cc21. The van der Waals surface area contributed by atoms with Crippen molar-refractivity contribution < 1.29 is 103 Å². The van der Waals surface area contributed by atoms with E-state index in [1.165, 1.54) is 90.3 Å². The number of sulfonamides is 5. The van der Waals surface area contributed by atoms with Crippen LogP contribution in [0.5, 0.6) is 0 Å². The molecular formula is C47H72N8O23S9. The van der Waals surface area contributed by atoms with Gasteiger partial charge in [0.2, 0.25) is 30.1 Å². The molecule has 3 amide bonds. The summed E-state index contributed by atoms with van der Waals surface area (Å²) < 4.78 is 174. The molecule has 0 bridgehead atoms. The first-order chi connectivity index (χ1) is 40.2. The minimum atomic E-state index is -4.15. The molecule has 3 aliphatic rings. The van der Waals surface area contributed by atoms with Gasteiger partial charge in [0.15, 0.2) is 29.2 Å². The van der Waals surface area contributed by atoms with Crippen LogP contribution in [0.25, 0.3) is 0 Å². The molecule has 6 N–H and O–H groups in total. The van der Waals surface area contributed by atoms with Gasteiger partial charge in [-0.25, -0.2) is 65.9 Å². The molecule has 5 atom stereocenters. The number of hydrogen-bond acceptors (Lipinski definition) is 26. The molecule has 6 rings (SSSR count). The Morgan fingerprint density at radius 2 is 0.931 bits per heavy atom. The van der Waals surface area contributed by atoms with Gasteiger partial charge in [0.05, 0.1) is 23.4 Å². The van der Waals surface area contributed by atoms with Gasteiger partial charge in [-0.15, -0.1) is 34.0 Å². The Balaban J connectivity index is 0.000000280. The lowest BCUT2D eigenvalue weighted by atomic mass is 10.0. The van der Waals surface area contributed by atoms with Crippen LogP contribution < -0.4 is 15.4 Å². The van der Waals surface area contributed by atoms with Crippen LogP contribution in [-0.2, 0) is 112 Å². The number of carbonyl (C=O) groups is 6.